The molecule has 8 aromatic carbocycles. The van der Waals surface area contributed by atoms with Gasteiger partial charge in [0.05, 0.1) is 22.9 Å². The van der Waals surface area contributed by atoms with Crippen LogP contribution in [0.4, 0.5) is 17.1 Å². The van der Waals surface area contributed by atoms with Crippen molar-refractivity contribution in [1.29, 1.82) is 0 Å². The second-order valence-corrected chi connectivity index (χ2v) is 15.2. The van der Waals surface area contributed by atoms with Gasteiger partial charge in [-0.25, -0.2) is 0 Å². The first-order valence-electron chi connectivity index (χ1n) is 18.6. The van der Waals surface area contributed by atoms with Crippen LogP contribution in [-0.2, 0) is 0 Å². The van der Waals surface area contributed by atoms with Crippen molar-refractivity contribution in [3.05, 3.63) is 200 Å². The molecule has 0 spiro atoms. The molecular formula is C51H33N3S. The van der Waals surface area contributed by atoms with E-state index in [1.54, 1.807) is 0 Å². The second kappa shape index (κ2) is 12.8. The smallest absolute Gasteiger partial charge is 0.0644 e. The number of hydrogen-bond donors (Lipinski definition) is 0. The van der Waals surface area contributed by atoms with Gasteiger partial charge < -0.3 is 9.47 Å². The summed E-state index contributed by atoms with van der Waals surface area (Å²) in [5.41, 5.74) is 11.4. The fourth-order valence-corrected chi connectivity index (χ4v) is 9.29. The molecule has 0 bridgehead atoms. The van der Waals surface area contributed by atoms with Crippen LogP contribution < -0.4 is 4.90 Å². The van der Waals surface area contributed by atoms with Gasteiger partial charge in [-0.15, -0.1) is 11.3 Å². The number of aromatic nitrogens is 2. The first-order chi connectivity index (χ1) is 27.2. The number of hydrogen-bond acceptors (Lipinski definition) is 3. The molecule has 0 atom stereocenters. The van der Waals surface area contributed by atoms with E-state index in [0.29, 0.717) is 0 Å². The number of nitrogens with zero attached hydrogens (tertiary/aromatic N) is 3. The molecule has 0 saturated heterocycles. The lowest BCUT2D eigenvalue weighted by atomic mass is 10.0. The Kier molecular flexibility index (Phi) is 7.35. The molecule has 55 heavy (non-hydrogen) atoms. The van der Waals surface area contributed by atoms with Crippen molar-refractivity contribution in [1.82, 2.24) is 9.55 Å². The molecule has 0 radical (unpaired) electrons. The molecule has 3 nitrogen and oxygen atoms in total. The summed E-state index contributed by atoms with van der Waals surface area (Å²) in [5, 5.41) is 7.57. The molecule has 11 rings (SSSR count). The van der Waals surface area contributed by atoms with Gasteiger partial charge >= 0.3 is 0 Å². The number of anilines is 3. The Morgan fingerprint density at radius 2 is 1.09 bits per heavy atom. The van der Waals surface area contributed by atoms with Gasteiger partial charge in [-0.05, 0) is 118 Å². The zero-order valence-corrected chi connectivity index (χ0v) is 30.6. The number of rotatable bonds is 6. The van der Waals surface area contributed by atoms with Crippen LogP contribution in [0.1, 0.15) is 0 Å². The maximum absolute atomic E-state index is 4.50. The third kappa shape index (κ3) is 5.38. The summed E-state index contributed by atoms with van der Waals surface area (Å²) in [6.45, 7) is 0. The summed E-state index contributed by atoms with van der Waals surface area (Å²) in [5.74, 6) is 0. The van der Waals surface area contributed by atoms with Gasteiger partial charge in [0.1, 0.15) is 0 Å². The highest BCUT2D eigenvalue weighted by Gasteiger charge is 2.18. The van der Waals surface area contributed by atoms with Crippen LogP contribution in [0.25, 0.3) is 80.7 Å². The minimum atomic E-state index is 1.01. The van der Waals surface area contributed by atoms with E-state index in [0.717, 1.165) is 22.6 Å². The third-order valence-corrected chi connectivity index (χ3v) is 12.0. The first kappa shape index (κ1) is 31.5. The largest absolute Gasteiger partial charge is 0.309 e. The molecule has 0 aliphatic heterocycles. The molecule has 0 unspecified atom stereocenters. The van der Waals surface area contributed by atoms with E-state index in [4.69, 9.17) is 0 Å². The van der Waals surface area contributed by atoms with Crippen molar-refractivity contribution in [3.63, 3.8) is 0 Å². The lowest BCUT2D eigenvalue weighted by Crippen LogP contribution is -2.10. The summed E-state index contributed by atoms with van der Waals surface area (Å²) in [6, 6.07) is 68.3. The Morgan fingerprint density at radius 3 is 1.95 bits per heavy atom. The van der Waals surface area contributed by atoms with Gasteiger partial charge in [0.15, 0.2) is 0 Å². The van der Waals surface area contributed by atoms with Crippen LogP contribution in [-0.4, -0.2) is 9.55 Å². The van der Waals surface area contributed by atoms with E-state index in [9.17, 15) is 0 Å². The summed E-state index contributed by atoms with van der Waals surface area (Å²) in [6.07, 6.45) is 3.76. The Morgan fingerprint density at radius 1 is 0.400 bits per heavy atom. The Labute approximate surface area is 322 Å². The van der Waals surface area contributed by atoms with Gasteiger partial charge in [-0.2, -0.15) is 0 Å². The van der Waals surface area contributed by atoms with Crippen molar-refractivity contribution >= 4 is 81.1 Å². The lowest BCUT2D eigenvalue weighted by molar-refractivity contribution is 1.19. The SMILES string of the molecule is c1ccc(-c2ccc(N(c3cccnc3)c3cccc(-c4ccc5c(c4)c4cc6ccccc6cc4n5-c4ccc5sc6ccccc6c5c4)c3)cc2)cc1. The Hall–Kier alpha value is -7.01. The molecule has 258 valence electrons. The fourth-order valence-electron chi connectivity index (χ4n) is 8.21. The highest BCUT2D eigenvalue weighted by atomic mass is 32.1. The molecule has 0 fully saturated rings. The Balaban J connectivity index is 1.06. The van der Waals surface area contributed by atoms with Gasteiger partial charge in [-0.3, -0.25) is 4.98 Å². The normalized spacial score (nSPS) is 11.6. The summed E-state index contributed by atoms with van der Waals surface area (Å²) >= 11 is 1.86. The van der Waals surface area contributed by atoms with Crippen molar-refractivity contribution in [2.24, 2.45) is 0 Å². The van der Waals surface area contributed by atoms with E-state index in [1.807, 2.05) is 29.8 Å². The predicted octanol–water partition coefficient (Wildman–Crippen LogP) is 14.5. The number of pyridine rings is 1. The zero-order valence-electron chi connectivity index (χ0n) is 29.8. The molecule has 0 saturated carbocycles. The third-order valence-electron chi connectivity index (χ3n) is 10.8. The minimum absolute atomic E-state index is 1.01. The molecule has 0 N–H and O–H groups in total. The van der Waals surface area contributed by atoms with Crippen LogP contribution >= 0.6 is 11.3 Å². The number of benzene rings is 8. The van der Waals surface area contributed by atoms with Crippen molar-refractivity contribution in [3.8, 4) is 27.9 Å². The van der Waals surface area contributed by atoms with Gasteiger partial charge in [0.2, 0.25) is 0 Å². The maximum Gasteiger partial charge on any atom is 0.0644 e. The molecule has 3 aromatic heterocycles. The van der Waals surface area contributed by atoms with Crippen LogP contribution in [0, 0.1) is 0 Å². The molecule has 0 amide bonds. The van der Waals surface area contributed by atoms with Crippen LogP contribution in [0.5, 0.6) is 0 Å². The predicted molar refractivity (Wildman–Crippen MR) is 235 cm³/mol. The van der Waals surface area contributed by atoms with Crippen molar-refractivity contribution < 1.29 is 0 Å². The minimum Gasteiger partial charge on any atom is -0.309 e. The standard InChI is InChI=1S/C51H33N3S/c1-2-10-34(11-3-1)35-19-22-40(23-20-35)53(43-16-9-27-52-33-43)41-15-8-14-36(28-41)39-21-25-48-45(30-39)46-29-37-12-4-5-13-38(37)31-49(46)54(48)42-24-26-51-47(32-42)44-17-6-7-18-50(44)55-51/h1-33H. The molecule has 3 heterocycles. The van der Waals surface area contributed by atoms with Crippen LogP contribution in [0.15, 0.2) is 200 Å². The van der Waals surface area contributed by atoms with Crippen LogP contribution in [0.3, 0.4) is 0 Å². The maximum atomic E-state index is 4.50. The summed E-state index contributed by atoms with van der Waals surface area (Å²) in [7, 11) is 0. The van der Waals surface area contributed by atoms with E-state index < -0.39 is 0 Å². The highest BCUT2D eigenvalue weighted by molar-refractivity contribution is 7.25. The fraction of sp³-hybridized carbons (Fsp3) is 0. The van der Waals surface area contributed by atoms with Crippen molar-refractivity contribution in [2.75, 3.05) is 4.90 Å². The van der Waals surface area contributed by atoms with Gasteiger partial charge in [0.25, 0.3) is 0 Å². The molecule has 0 aliphatic carbocycles. The van der Waals surface area contributed by atoms with E-state index >= 15 is 0 Å². The summed E-state index contributed by atoms with van der Waals surface area (Å²) in [4.78, 5) is 6.78. The average Bonchev–Trinajstić information content (AvgIpc) is 3.78. The van der Waals surface area contributed by atoms with Gasteiger partial charge in [0, 0.05) is 54.2 Å². The van der Waals surface area contributed by atoms with Crippen molar-refractivity contribution in [2.45, 2.75) is 0 Å². The molecule has 11 aromatic rings. The quantitative estimate of drug-likeness (QED) is 0.171. The van der Waals surface area contributed by atoms with Gasteiger partial charge in [-0.1, -0.05) is 103 Å². The average molecular weight is 720 g/mol. The monoisotopic (exact) mass is 719 g/mol. The Bertz CT molecular complexity index is 3200. The second-order valence-electron chi connectivity index (χ2n) is 14.1. The highest BCUT2D eigenvalue weighted by Crippen LogP contribution is 2.41. The molecular weight excluding hydrogens is 687 g/mol. The lowest BCUT2D eigenvalue weighted by Gasteiger charge is -2.25. The number of thiophene rings is 1. The van der Waals surface area contributed by atoms with E-state index in [1.165, 1.54) is 75.1 Å². The van der Waals surface area contributed by atoms with E-state index in [2.05, 4.69) is 196 Å². The molecule has 4 heteroatoms. The van der Waals surface area contributed by atoms with Crippen LogP contribution in [0.2, 0.25) is 0 Å². The number of fused-ring (bicyclic) bond motifs is 7. The van der Waals surface area contributed by atoms with E-state index in [-0.39, 0.29) is 0 Å². The first-order valence-corrected chi connectivity index (χ1v) is 19.4. The summed E-state index contributed by atoms with van der Waals surface area (Å²) < 4.78 is 5.08. The topological polar surface area (TPSA) is 21.1 Å². The zero-order chi connectivity index (χ0) is 36.3. The molecule has 0 aliphatic rings.